The molecule has 3 heteroatoms. The summed E-state index contributed by atoms with van der Waals surface area (Å²) >= 11 is 0. The molecule has 2 amide bonds. The van der Waals surface area contributed by atoms with Crippen LogP contribution in [0.1, 0.15) is 19.4 Å². The van der Waals surface area contributed by atoms with Gasteiger partial charge in [0, 0.05) is 11.8 Å². The molecule has 0 spiro atoms. The smallest absolute Gasteiger partial charge is 0.234 e. The van der Waals surface area contributed by atoms with E-state index >= 15 is 0 Å². The summed E-state index contributed by atoms with van der Waals surface area (Å²) in [7, 11) is 0. The molecular weight excluding hydrogens is 274 g/mol. The Morgan fingerprint density at radius 1 is 0.955 bits per heavy atom. The number of carbonyl (C=O) groups is 2. The van der Waals surface area contributed by atoms with Crippen LogP contribution in [-0.2, 0) is 16.1 Å². The molecule has 4 atom stereocenters. The van der Waals surface area contributed by atoms with Crippen molar-refractivity contribution in [3.05, 3.63) is 59.2 Å². The predicted octanol–water partition coefficient (Wildman–Crippen LogP) is 2.94. The number of benzene rings is 1. The van der Waals surface area contributed by atoms with E-state index in [1.165, 1.54) is 16.0 Å². The summed E-state index contributed by atoms with van der Waals surface area (Å²) in [4.78, 5) is 27.1. The monoisotopic (exact) mass is 293 g/mol. The Morgan fingerprint density at radius 3 is 2.00 bits per heavy atom. The third kappa shape index (κ3) is 1.68. The number of allylic oxidation sites excluding steroid dienone is 4. The van der Waals surface area contributed by atoms with Crippen LogP contribution in [0.2, 0.25) is 0 Å². The number of rotatable bonds is 2. The van der Waals surface area contributed by atoms with Gasteiger partial charge in [0.05, 0.1) is 18.4 Å². The molecule has 0 unspecified atom stereocenters. The van der Waals surface area contributed by atoms with Crippen molar-refractivity contribution >= 4 is 11.8 Å². The van der Waals surface area contributed by atoms with Crippen LogP contribution in [0, 0.1) is 23.7 Å². The molecule has 1 aromatic rings. The van der Waals surface area contributed by atoms with E-state index in [9.17, 15) is 9.59 Å². The zero-order valence-electron chi connectivity index (χ0n) is 12.8. The lowest BCUT2D eigenvalue weighted by Crippen LogP contribution is -2.32. The van der Waals surface area contributed by atoms with Gasteiger partial charge in [-0.3, -0.25) is 14.5 Å². The van der Waals surface area contributed by atoms with Gasteiger partial charge in [0.1, 0.15) is 0 Å². The molecule has 4 rings (SSSR count). The number of nitrogens with zero attached hydrogens (tertiary/aromatic N) is 1. The standard InChI is InChI=1S/C19H19NO2/c1-11(2)15-13-8-9-14(15)17-16(13)18(21)20(19(17)22)10-12-6-4-3-5-7-12/h3-9,13-14,16-17H,10H2,1-2H3/t13-,14+,16-,17-/m1/s1. The second-order valence-electron chi connectivity index (χ2n) is 6.69. The first-order valence-electron chi connectivity index (χ1n) is 7.84. The van der Waals surface area contributed by atoms with Gasteiger partial charge in [-0.1, -0.05) is 53.6 Å². The highest BCUT2D eigenvalue weighted by Crippen LogP contribution is 2.56. The van der Waals surface area contributed by atoms with Gasteiger partial charge in [-0.15, -0.1) is 0 Å². The zero-order valence-corrected chi connectivity index (χ0v) is 12.8. The average Bonchev–Trinajstić information content (AvgIpc) is 3.14. The lowest BCUT2D eigenvalue weighted by atomic mass is 9.85. The quantitative estimate of drug-likeness (QED) is 0.621. The minimum Gasteiger partial charge on any atom is -0.278 e. The summed E-state index contributed by atoms with van der Waals surface area (Å²) in [6, 6.07) is 9.74. The Labute approximate surface area is 130 Å². The molecule has 3 aliphatic rings. The highest BCUT2D eigenvalue weighted by Gasteiger charge is 2.61. The van der Waals surface area contributed by atoms with Gasteiger partial charge >= 0.3 is 0 Å². The Bertz CT molecular complexity index is 678. The molecule has 2 bridgehead atoms. The van der Waals surface area contributed by atoms with Gasteiger partial charge in [-0.05, 0) is 19.4 Å². The Kier molecular flexibility index (Phi) is 2.86. The van der Waals surface area contributed by atoms with Crippen molar-refractivity contribution in [2.45, 2.75) is 20.4 Å². The summed E-state index contributed by atoms with van der Waals surface area (Å²) in [5.41, 5.74) is 3.56. The van der Waals surface area contributed by atoms with Gasteiger partial charge in [-0.2, -0.15) is 0 Å². The third-order valence-electron chi connectivity index (χ3n) is 5.27. The van der Waals surface area contributed by atoms with Crippen molar-refractivity contribution in [1.29, 1.82) is 0 Å². The SMILES string of the molecule is CC(C)=C1[C@H]2C=C[C@@H]1[C@H]1C(=O)N(Cc3ccccc3)C(=O)[C@@H]12. The number of hydrogen-bond acceptors (Lipinski definition) is 2. The maximum absolute atomic E-state index is 12.8. The fourth-order valence-electron chi connectivity index (χ4n) is 4.41. The van der Waals surface area contributed by atoms with Crippen LogP contribution < -0.4 is 0 Å². The normalized spacial score (nSPS) is 32.1. The molecule has 3 nitrogen and oxygen atoms in total. The van der Waals surface area contributed by atoms with Crippen molar-refractivity contribution in [2.75, 3.05) is 0 Å². The van der Waals surface area contributed by atoms with Crippen molar-refractivity contribution in [1.82, 2.24) is 4.90 Å². The van der Waals surface area contributed by atoms with Crippen LogP contribution in [-0.4, -0.2) is 16.7 Å². The molecule has 0 aromatic heterocycles. The van der Waals surface area contributed by atoms with E-state index in [0.29, 0.717) is 6.54 Å². The molecule has 22 heavy (non-hydrogen) atoms. The lowest BCUT2D eigenvalue weighted by Gasteiger charge is -2.19. The van der Waals surface area contributed by atoms with Crippen molar-refractivity contribution < 1.29 is 9.59 Å². The molecule has 1 heterocycles. The summed E-state index contributed by atoms with van der Waals surface area (Å²) in [6.45, 7) is 4.56. The van der Waals surface area contributed by atoms with Crippen LogP contribution in [0.4, 0.5) is 0 Å². The average molecular weight is 293 g/mol. The van der Waals surface area contributed by atoms with Crippen molar-refractivity contribution in [3.63, 3.8) is 0 Å². The van der Waals surface area contributed by atoms with Crippen LogP contribution >= 0.6 is 0 Å². The predicted molar refractivity (Wildman–Crippen MR) is 83.5 cm³/mol. The second-order valence-corrected chi connectivity index (χ2v) is 6.69. The number of fused-ring (bicyclic) bond motifs is 5. The minimum atomic E-state index is -0.170. The highest BCUT2D eigenvalue weighted by molar-refractivity contribution is 6.07. The highest BCUT2D eigenvalue weighted by atomic mass is 16.2. The molecular formula is C19H19NO2. The van der Waals surface area contributed by atoms with Crippen molar-refractivity contribution in [3.8, 4) is 0 Å². The third-order valence-corrected chi connectivity index (χ3v) is 5.27. The van der Waals surface area contributed by atoms with E-state index in [2.05, 4.69) is 26.0 Å². The topological polar surface area (TPSA) is 37.4 Å². The number of likely N-dealkylation sites (tertiary alicyclic amines) is 1. The second kappa shape index (κ2) is 4.67. The summed E-state index contributed by atoms with van der Waals surface area (Å²) in [5.74, 6) is -0.0504. The molecule has 1 saturated carbocycles. The van der Waals surface area contributed by atoms with Crippen LogP contribution in [0.15, 0.2) is 53.6 Å². The Balaban J connectivity index is 1.66. The molecule has 0 N–H and O–H groups in total. The van der Waals surface area contributed by atoms with Gasteiger partial charge < -0.3 is 0 Å². The molecule has 1 aliphatic heterocycles. The first kappa shape index (κ1) is 13.5. The summed E-state index contributed by atoms with van der Waals surface area (Å²) in [5, 5.41) is 0. The fraction of sp³-hybridized carbons (Fsp3) is 0.368. The van der Waals surface area contributed by atoms with Crippen LogP contribution in [0.5, 0.6) is 0 Å². The van der Waals surface area contributed by atoms with E-state index in [4.69, 9.17) is 0 Å². The number of amides is 2. The summed E-state index contributed by atoms with van der Waals surface area (Å²) < 4.78 is 0. The van der Waals surface area contributed by atoms with Gasteiger partial charge in [0.15, 0.2) is 0 Å². The first-order valence-corrected chi connectivity index (χ1v) is 7.84. The maximum atomic E-state index is 12.8. The number of imide groups is 1. The number of carbonyl (C=O) groups excluding carboxylic acids is 2. The molecule has 1 aromatic carbocycles. The largest absolute Gasteiger partial charge is 0.278 e. The van der Waals surface area contributed by atoms with Gasteiger partial charge in [-0.25, -0.2) is 0 Å². The molecule has 0 radical (unpaired) electrons. The zero-order chi connectivity index (χ0) is 15.4. The molecule has 112 valence electrons. The fourth-order valence-corrected chi connectivity index (χ4v) is 4.41. The van der Waals surface area contributed by atoms with Crippen LogP contribution in [0.3, 0.4) is 0 Å². The van der Waals surface area contributed by atoms with Crippen LogP contribution in [0.25, 0.3) is 0 Å². The molecule has 2 aliphatic carbocycles. The lowest BCUT2D eigenvalue weighted by molar-refractivity contribution is -0.141. The van der Waals surface area contributed by atoms with E-state index in [-0.39, 0.29) is 35.5 Å². The summed E-state index contributed by atoms with van der Waals surface area (Å²) in [6.07, 6.45) is 4.26. The van der Waals surface area contributed by atoms with E-state index in [1.807, 2.05) is 30.3 Å². The van der Waals surface area contributed by atoms with E-state index < -0.39 is 0 Å². The minimum absolute atomic E-state index is 0.00875. The Hall–Kier alpha value is -2.16. The van der Waals surface area contributed by atoms with Gasteiger partial charge in [0.2, 0.25) is 11.8 Å². The van der Waals surface area contributed by atoms with E-state index in [0.717, 1.165) is 5.56 Å². The van der Waals surface area contributed by atoms with Crippen molar-refractivity contribution in [2.24, 2.45) is 23.7 Å². The van der Waals surface area contributed by atoms with E-state index in [1.54, 1.807) is 0 Å². The molecule has 1 saturated heterocycles. The number of hydrogen-bond donors (Lipinski definition) is 0. The maximum Gasteiger partial charge on any atom is 0.234 e. The molecule has 2 fully saturated rings. The van der Waals surface area contributed by atoms with Gasteiger partial charge in [0.25, 0.3) is 0 Å². The first-order chi connectivity index (χ1) is 10.6. The Morgan fingerprint density at radius 2 is 1.50 bits per heavy atom.